The van der Waals surface area contributed by atoms with Crippen LogP contribution in [0.3, 0.4) is 0 Å². The number of para-hydroxylation sites is 2. The number of hydrogen-bond donors (Lipinski definition) is 1. The van der Waals surface area contributed by atoms with Crippen LogP contribution in [0, 0.1) is 6.92 Å². The van der Waals surface area contributed by atoms with Crippen LogP contribution in [0.25, 0.3) is 0 Å². The highest BCUT2D eigenvalue weighted by molar-refractivity contribution is 7.98. The van der Waals surface area contributed by atoms with Crippen molar-refractivity contribution in [2.75, 3.05) is 29.0 Å². The average molecular weight is 471 g/mol. The Morgan fingerprint density at radius 3 is 2.28 bits per heavy atom. The largest absolute Gasteiger partial charge is 0.492 e. The van der Waals surface area contributed by atoms with Crippen molar-refractivity contribution in [1.82, 2.24) is 0 Å². The summed E-state index contributed by atoms with van der Waals surface area (Å²) in [7, 11) is -3.97. The van der Waals surface area contributed by atoms with Gasteiger partial charge in [0.1, 0.15) is 12.3 Å². The molecule has 0 aliphatic rings. The molecule has 1 N–H and O–H groups in total. The molecule has 168 valence electrons. The summed E-state index contributed by atoms with van der Waals surface area (Å²) in [6.07, 6.45) is 1.92. The summed E-state index contributed by atoms with van der Waals surface area (Å²) in [6.45, 7) is 3.84. The highest BCUT2D eigenvalue weighted by Crippen LogP contribution is 2.27. The van der Waals surface area contributed by atoms with Gasteiger partial charge in [0.05, 0.1) is 22.9 Å². The van der Waals surface area contributed by atoms with Gasteiger partial charge in [0, 0.05) is 4.90 Å². The second-order valence-corrected chi connectivity index (χ2v) is 9.74. The Morgan fingerprint density at radius 2 is 1.66 bits per heavy atom. The minimum absolute atomic E-state index is 0.124. The number of nitrogens with one attached hydrogen (secondary N) is 1. The molecule has 0 spiro atoms. The molecular weight excluding hydrogens is 444 g/mol. The maximum Gasteiger partial charge on any atom is 0.264 e. The van der Waals surface area contributed by atoms with Gasteiger partial charge < -0.3 is 10.1 Å². The lowest BCUT2D eigenvalue weighted by atomic mass is 10.2. The fourth-order valence-corrected chi connectivity index (χ4v) is 4.90. The van der Waals surface area contributed by atoms with Crippen LogP contribution in [0.15, 0.2) is 82.6 Å². The highest BCUT2D eigenvalue weighted by atomic mass is 32.2. The second-order valence-electron chi connectivity index (χ2n) is 7.00. The van der Waals surface area contributed by atoms with Gasteiger partial charge in [-0.1, -0.05) is 29.8 Å². The van der Waals surface area contributed by atoms with Gasteiger partial charge >= 0.3 is 0 Å². The summed E-state index contributed by atoms with van der Waals surface area (Å²) in [5.41, 5.74) is 1.90. The summed E-state index contributed by atoms with van der Waals surface area (Å²) in [4.78, 5) is 14.0. The van der Waals surface area contributed by atoms with Crippen LogP contribution in [0.1, 0.15) is 12.5 Å². The molecule has 3 aromatic rings. The van der Waals surface area contributed by atoms with E-state index in [2.05, 4.69) is 5.32 Å². The molecule has 0 atom stereocenters. The number of thioether (sulfide) groups is 1. The number of ether oxygens (including phenoxy) is 1. The third-order valence-electron chi connectivity index (χ3n) is 4.72. The van der Waals surface area contributed by atoms with Crippen molar-refractivity contribution in [1.29, 1.82) is 0 Å². The first-order valence-electron chi connectivity index (χ1n) is 10.1. The molecule has 0 saturated carbocycles. The number of hydrogen-bond acceptors (Lipinski definition) is 5. The Hall–Kier alpha value is -2.97. The van der Waals surface area contributed by atoms with Crippen LogP contribution in [0.2, 0.25) is 0 Å². The number of carbonyl (C=O) groups excluding carboxylic acids is 1. The molecular formula is C24H26N2O4S2. The van der Waals surface area contributed by atoms with E-state index in [0.717, 1.165) is 14.8 Å². The topological polar surface area (TPSA) is 75.7 Å². The lowest BCUT2D eigenvalue weighted by Gasteiger charge is -2.24. The standard InChI is InChI=1S/C24H26N2O4S2/c1-4-30-23-8-6-5-7-22(23)25-24(27)17-26(19-11-9-18(2)10-12-19)32(28,29)21-15-13-20(31-3)14-16-21/h5-16H,4,17H2,1-3H3,(H,25,27). The third kappa shape index (κ3) is 5.63. The predicted molar refractivity (Wildman–Crippen MR) is 130 cm³/mol. The van der Waals surface area contributed by atoms with E-state index >= 15 is 0 Å². The van der Waals surface area contributed by atoms with Gasteiger partial charge in [-0.15, -0.1) is 11.8 Å². The molecule has 32 heavy (non-hydrogen) atoms. The van der Waals surface area contributed by atoms with E-state index in [0.29, 0.717) is 23.7 Å². The van der Waals surface area contributed by atoms with E-state index in [-0.39, 0.29) is 11.4 Å². The van der Waals surface area contributed by atoms with E-state index in [9.17, 15) is 13.2 Å². The molecule has 0 unspecified atom stereocenters. The molecule has 0 aliphatic heterocycles. The minimum Gasteiger partial charge on any atom is -0.492 e. The minimum atomic E-state index is -3.97. The molecule has 0 saturated heterocycles. The predicted octanol–water partition coefficient (Wildman–Crippen LogP) is 4.95. The SMILES string of the molecule is CCOc1ccccc1NC(=O)CN(c1ccc(C)cc1)S(=O)(=O)c1ccc(SC)cc1. The number of amides is 1. The van der Waals surface area contributed by atoms with Crippen LogP contribution < -0.4 is 14.4 Å². The van der Waals surface area contributed by atoms with Crippen LogP contribution in [-0.2, 0) is 14.8 Å². The molecule has 6 nitrogen and oxygen atoms in total. The van der Waals surface area contributed by atoms with Gasteiger partial charge in [0.2, 0.25) is 5.91 Å². The Morgan fingerprint density at radius 1 is 1.00 bits per heavy atom. The zero-order chi connectivity index (χ0) is 23.1. The van der Waals surface area contributed by atoms with Crippen LogP contribution in [0.5, 0.6) is 5.75 Å². The van der Waals surface area contributed by atoms with E-state index in [1.54, 1.807) is 54.6 Å². The number of sulfonamides is 1. The molecule has 3 aromatic carbocycles. The zero-order valence-electron chi connectivity index (χ0n) is 18.2. The Balaban J connectivity index is 1.93. The smallest absolute Gasteiger partial charge is 0.264 e. The van der Waals surface area contributed by atoms with E-state index < -0.39 is 15.9 Å². The maximum absolute atomic E-state index is 13.5. The molecule has 0 fully saturated rings. The second kappa shape index (κ2) is 10.6. The number of carbonyl (C=O) groups is 1. The van der Waals surface area contributed by atoms with Gasteiger partial charge in [0.25, 0.3) is 10.0 Å². The molecule has 0 heterocycles. The van der Waals surface area contributed by atoms with Crippen molar-refractivity contribution in [2.45, 2.75) is 23.6 Å². The lowest BCUT2D eigenvalue weighted by Crippen LogP contribution is -2.38. The van der Waals surface area contributed by atoms with Gasteiger partial charge in [-0.2, -0.15) is 0 Å². The van der Waals surface area contributed by atoms with Crippen molar-refractivity contribution in [3.63, 3.8) is 0 Å². The van der Waals surface area contributed by atoms with Gasteiger partial charge in [-0.05, 0) is 68.6 Å². The Labute approximate surface area is 193 Å². The molecule has 1 amide bonds. The summed E-state index contributed by atoms with van der Waals surface area (Å²) in [6, 6.07) is 20.7. The number of aryl methyl sites for hydroxylation is 1. The normalized spacial score (nSPS) is 11.1. The third-order valence-corrected chi connectivity index (χ3v) is 7.25. The lowest BCUT2D eigenvalue weighted by molar-refractivity contribution is -0.114. The van der Waals surface area contributed by atoms with Crippen molar-refractivity contribution < 1.29 is 17.9 Å². The van der Waals surface area contributed by atoms with Crippen LogP contribution in [0.4, 0.5) is 11.4 Å². The highest BCUT2D eigenvalue weighted by Gasteiger charge is 2.27. The quantitative estimate of drug-likeness (QED) is 0.448. The first-order valence-corrected chi connectivity index (χ1v) is 12.8. The molecule has 3 rings (SSSR count). The van der Waals surface area contributed by atoms with Crippen molar-refractivity contribution in [3.8, 4) is 5.75 Å². The van der Waals surface area contributed by atoms with E-state index in [1.807, 2.05) is 38.3 Å². The molecule has 0 aromatic heterocycles. The molecule has 0 aliphatic carbocycles. The van der Waals surface area contributed by atoms with Gasteiger partial charge in [-0.3, -0.25) is 9.10 Å². The number of nitrogens with zero attached hydrogens (tertiary/aromatic N) is 1. The first-order chi connectivity index (χ1) is 15.3. The van der Waals surface area contributed by atoms with E-state index in [1.165, 1.54) is 11.8 Å². The summed E-state index contributed by atoms with van der Waals surface area (Å²) in [5.74, 6) is 0.0581. The van der Waals surface area contributed by atoms with Crippen molar-refractivity contribution in [2.24, 2.45) is 0 Å². The first kappa shape index (κ1) is 23.7. The number of anilines is 2. The van der Waals surface area contributed by atoms with E-state index in [4.69, 9.17) is 4.74 Å². The van der Waals surface area contributed by atoms with Gasteiger partial charge in [0.15, 0.2) is 0 Å². The maximum atomic E-state index is 13.5. The molecule has 0 bridgehead atoms. The zero-order valence-corrected chi connectivity index (χ0v) is 19.9. The molecule has 8 heteroatoms. The summed E-state index contributed by atoms with van der Waals surface area (Å²) in [5, 5.41) is 2.78. The summed E-state index contributed by atoms with van der Waals surface area (Å²) < 4.78 is 33.7. The fourth-order valence-electron chi connectivity index (χ4n) is 3.07. The van der Waals surface area contributed by atoms with Crippen molar-refractivity contribution in [3.05, 3.63) is 78.4 Å². The molecule has 0 radical (unpaired) electrons. The summed E-state index contributed by atoms with van der Waals surface area (Å²) >= 11 is 1.53. The monoisotopic (exact) mass is 470 g/mol. The Bertz CT molecular complexity index is 1160. The number of rotatable bonds is 9. The van der Waals surface area contributed by atoms with Crippen LogP contribution in [-0.4, -0.2) is 33.7 Å². The van der Waals surface area contributed by atoms with Crippen molar-refractivity contribution >= 4 is 39.1 Å². The van der Waals surface area contributed by atoms with Crippen LogP contribution >= 0.6 is 11.8 Å². The average Bonchev–Trinajstić information content (AvgIpc) is 2.79. The Kier molecular flexibility index (Phi) is 7.82. The number of benzene rings is 3. The fraction of sp³-hybridized carbons (Fsp3) is 0.208. The van der Waals surface area contributed by atoms with Gasteiger partial charge in [-0.25, -0.2) is 8.42 Å².